The fourth-order valence-electron chi connectivity index (χ4n) is 2.18. The quantitative estimate of drug-likeness (QED) is 0.788. The van der Waals surface area contributed by atoms with E-state index in [4.69, 9.17) is 9.47 Å². The number of carbonyl (C=O) groups is 2. The van der Waals surface area contributed by atoms with E-state index in [2.05, 4.69) is 0 Å². The molecule has 20 heavy (non-hydrogen) atoms. The van der Waals surface area contributed by atoms with Crippen LogP contribution >= 0.6 is 0 Å². The predicted molar refractivity (Wildman–Crippen MR) is 70.6 cm³/mol. The topological polar surface area (TPSA) is 76.1 Å². The lowest BCUT2D eigenvalue weighted by molar-refractivity contribution is -0.140. The van der Waals surface area contributed by atoms with Crippen molar-refractivity contribution in [2.24, 2.45) is 0 Å². The first-order valence-corrected chi connectivity index (χ1v) is 6.30. The maximum Gasteiger partial charge on any atom is 0.258 e. The van der Waals surface area contributed by atoms with Gasteiger partial charge in [-0.3, -0.25) is 14.5 Å². The number of likely N-dealkylation sites (tertiary alicyclic amines) is 1. The molecule has 1 N–H and O–H groups in total. The molecule has 0 radical (unpaired) electrons. The van der Waals surface area contributed by atoms with Crippen molar-refractivity contribution in [1.82, 2.24) is 4.90 Å². The van der Waals surface area contributed by atoms with Crippen LogP contribution in [-0.2, 0) is 16.0 Å². The van der Waals surface area contributed by atoms with Gasteiger partial charge in [0.05, 0.1) is 20.6 Å². The number of amides is 2. The molecule has 1 aliphatic heterocycles. The zero-order chi connectivity index (χ0) is 14.7. The third-order valence-electron chi connectivity index (χ3n) is 3.29. The second kappa shape index (κ2) is 5.92. The van der Waals surface area contributed by atoms with Gasteiger partial charge < -0.3 is 14.6 Å². The van der Waals surface area contributed by atoms with Crippen molar-refractivity contribution in [3.05, 3.63) is 23.8 Å². The van der Waals surface area contributed by atoms with Crippen LogP contribution in [0.3, 0.4) is 0 Å². The van der Waals surface area contributed by atoms with Crippen LogP contribution < -0.4 is 9.47 Å². The molecule has 108 valence electrons. The van der Waals surface area contributed by atoms with Gasteiger partial charge in [-0.05, 0) is 24.1 Å². The van der Waals surface area contributed by atoms with Crippen molar-refractivity contribution in [2.75, 3.05) is 20.8 Å². The maximum absolute atomic E-state index is 11.6. The summed E-state index contributed by atoms with van der Waals surface area (Å²) in [5.74, 6) is 0.377. The van der Waals surface area contributed by atoms with Crippen LogP contribution in [0.25, 0.3) is 0 Å². The molecule has 0 saturated carbocycles. The highest BCUT2D eigenvalue weighted by Gasteiger charge is 2.36. The highest BCUT2D eigenvalue weighted by atomic mass is 16.5. The lowest BCUT2D eigenvalue weighted by Crippen LogP contribution is -2.33. The summed E-state index contributed by atoms with van der Waals surface area (Å²) >= 11 is 0. The van der Waals surface area contributed by atoms with Crippen LogP contribution in [0.15, 0.2) is 18.2 Å². The van der Waals surface area contributed by atoms with Crippen LogP contribution in [0.5, 0.6) is 11.5 Å². The summed E-state index contributed by atoms with van der Waals surface area (Å²) in [6, 6.07) is 5.43. The van der Waals surface area contributed by atoms with Gasteiger partial charge in [0.2, 0.25) is 5.91 Å². The Labute approximate surface area is 116 Å². The van der Waals surface area contributed by atoms with Crippen molar-refractivity contribution in [3.8, 4) is 11.5 Å². The van der Waals surface area contributed by atoms with E-state index in [1.807, 2.05) is 6.07 Å². The second-order valence-corrected chi connectivity index (χ2v) is 4.54. The Kier molecular flexibility index (Phi) is 4.24. The van der Waals surface area contributed by atoms with Crippen molar-refractivity contribution in [1.29, 1.82) is 0 Å². The van der Waals surface area contributed by atoms with Crippen LogP contribution in [0, 0.1) is 0 Å². The Bertz CT molecular complexity index is 528. The first-order chi connectivity index (χ1) is 9.56. The van der Waals surface area contributed by atoms with Gasteiger partial charge in [-0.15, -0.1) is 0 Å². The molecule has 1 aliphatic rings. The van der Waals surface area contributed by atoms with E-state index in [9.17, 15) is 14.7 Å². The Morgan fingerprint density at radius 1 is 1.25 bits per heavy atom. The lowest BCUT2D eigenvalue weighted by atomic mass is 10.1. The van der Waals surface area contributed by atoms with Gasteiger partial charge in [-0.2, -0.15) is 0 Å². The molecular weight excluding hydrogens is 262 g/mol. The minimum Gasteiger partial charge on any atom is -0.493 e. The number of ether oxygens (including phenoxy) is 2. The molecule has 2 amide bonds. The highest BCUT2D eigenvalue weighted by molar-refractivity contribution is 6.04. The summed E-state index contributed by atoms with van der Waals surface area (Å²) < 4.78 is 10.3. The smallest absolute Gasteiger partial charge is 0.258 e. The second-order valence-electron chi connectivity index (χ2n) is 4.54. The summed E-state index contributed by atoms with van der Waals surface area (Å²) in [4.78, 5) is 24.2. The molecule has 0 unspecified atom stereocenters. The fourth-order valence-corrected chi connectivity index (χ4v) is 2.18. The normalized spacial score (nSPS) is 18.6. The Morgan fingerprint density at radius 2 is 1.95 bits per heavy atom. The largest absolute Gasteiger partial charge is 0.493 e. The van der Waals surface area contributed by atoms with Gasteiger partial charge in [-0.1, -0.05) is 6.07 Å². The molecule has 6 nitrogen and oxygen atoms in total. The van der Waals surface area contributed by atoms with Crippen molar-refractivity contribution < 1.29 is 24.2 Å². The van der Waals surface area contributed by atoms with Gasteiger partial charge in [-0.25, -0.2) is 0 Å². The number of hydrogen-bond donors (Lipinski definition) is 1. The molecule has 1 saturated heterocycles. The van der Waals surface area contributed by atoms with Crippen LogP contribution in [0.4, 0.5) is 0 Å². The standard InChI is InChI=1S/C14H17NO5/c1-19-11-4-3-9(7-12(11)20-2)5-6-15-13(17)8-10(16)14(15)18/h3-4,7,10,16H,5-6,8H2,1-2H3/t10-/m0/s1. The van der Waals surface area contributed by atoms with Gasteiger partial charge in [0, 0.05) is 6.54 Å². The zero-order valence-corrected chi connectivity index (χ0v) is 11.5. The third kappa shape index (κ3) is 2.75. The molecule has 1 fully saturated rings. The van der Waals surface area contributed by atoms with E-state index in [-0.39, 0.29) is 18.9 Å². The Hall–Kier alpha value is -2.08. The first-order valence-electron chi connectivity index (χ1n) is 6.30. The maximum atomic E-state index is 11.6. The Morgan fingerprint density at radius 3 is 2.50 bits per heavy atom. The minimum atomic E-state index is -1.19. The summed E-state index contributed by atoms with van der Waals surface area (Å²) in [6.07, 6.45) is -0.803. The van der Waals surface area contributed by atoms with E-state index in [0.717, 1.165) is 10.5 Å². The summed E-state index contributed by atoms with van der Waals surface area (Å²) in [7, 11) is 3.10. The molecule has 6 heteroatoms. The molecule has 1 aromatic carbocycles. The Balaban J connectivity index is 2.04. The number of rotatable bonds is 5. The molecular formula is C14H17NO5. The SMILES string of the molecule is COc1ccc(CCN2C(=O)C[C@H](O)C2=O)cc1OC. The van der Waals surface area contributed by atoms with Gasteiger partial charge in [0.1, 0.15) is 6.10 Å². The van der Waals surface area contributed by atoms with E-state index in [0.29, 0.717) is 17.9 Å². The van der Waals surface area contributed by atoms with Gasteiger partial charge in [0.25, 0.3) is 5.91 Å². The number of hydrogen-bond acceptors (Lipinski definition) is 5. The summed E-state index contributed by atoms with van der Waals surface area (Å²) in [5.41, 5.74) is 0.921. The van der Waals surface area contributed by atoms with E-state index >= 15 is 0 Å². The first kappa shape index (κ1) is 14.3. The molecule has 1 atom stereocenters. The van der Waals surface area contributed by atoms with Crippen LogP contribution in [-0.4, -0.2) is 48.7 Å². The molecule has 1 heterocycles. The number of nitrogens with zero attached hydrogens (tertiary/aromatic N) is 1. The fraction of sp³-hybridized carbons (Fsp3) is 0.429. The van der Waals surface area contributed by atoms with E-state index in [1.54, 1.807) is 26.4 Å². The van der Waals surface area contributed by atoms with E-state index < -0.39 is 12.0 Å². The van der Waals surface area contributed by atoms with Crippen LogP contribution in [0.1, 0.15) is 12.0 Å². The average molecular weight is 279 g/mol. The van der Waals surface area contributed by atoms with Gasteiger partial charge >= 0.3 is 0 Å². The summed E-state index contributed by atoms with van der Waals surface area (Å²) in [5, 5.41) is 9.34. The molecule has 0 spiro atoms. The van der Waals surface area contributed by atoms with Crippen molar-refractivity contribution >= 4 is 11.8 Å². The molecule has 0 aromatic heterocycles. The predicted octanol–water partition coefficient (Wildman–Crippen LogP) is 0.366. The molecule has 0 bridgehead atoms. The third-order valence-corrected chi connectivity index (χ3v) is 3.29. The number of aliphatic hydroxyl groups is 1. The highest BCUT2D eigenvalue weighted by Crippen LogP contribution is 2.28. The number of methoxy groups -OCH3 is 2. The van der Waals surface area contributed by atoms with Crippen LogP contribution in [0.2, 0.25) is 0 Å². The average Bonchev–Trinajstić information content (AvgIpc) is 2.70. The van der Waals surface area contributed by atoms with E-state index in [1.165, 1.54) is 0 Å². The molecule has 1 aromatic rings. The number of aliphatic hydroxyl groups excluding tert-OH is 1. The minimum absolute atomic E-state index is 0.120. The van der Waals surface area contributed by atoms with Gasteiger partial charge in [0.15, 0.2) is 11.5 Å². The number of imide groups is 1. The number of carbonyl (C=O) groups excluding carboxylic acids is 2. The van der Waals surface area contributed by atoms with Crippen molar-refractivity contribution in [3.63, 3.8) is 0 Å². The zero-order valence-electron chi connectivity index (χ0n) is 11.5. The number of benzene rings is 1. The molecule has 0 aliphatic carbocycles. The van der Waals surface area contributed by atoms with Crippen molar-refractivity contribution in [2.45, 2.75) is 18.9 Å². The summed E-state index contributed by atoms with van der Waals surface area (Å²) in [6.45, 7) is 0.254. The monoisotopic (exact) mass is 279 g/mol. The lowest BCUT2D eigenvalue weighted by Gasteiger charge is -2.14. The molecule has 2 rings (SSSR count).